The molecule has 0 aliphatic carbocycles. The molecule has 0 spiro atoms. The Morgan fingerprint density at radius 3 is 2.67 bits per heavy atom. The predicted octanol–water partition coefficient (Wildman–Crippen LogP) is 1.38. The van der Waals surface area contributed by atoms with Gasteiger partial charge in [-0.25, -0.2) is 4.99 Å². The van der Waals surface area contributed by atoms with Gasteiger partial charge in [-0.1, -0.05) is 0 Å². The summed E-state index contributed by atoms with van der Waals surface area (Å²) in [5, 5.41) is 0. The van der Waals surface area contributed by atoms with Crippen LogP contribution in [-0.2, 0) is 0 Å². The van der Waals surface area contributed by atoms with Gasteiger partial charge in [0.1, 0.15) is 11.8 Å². The molecule has 4 N–H and O–H groups in total. The largest absolute Gasteiger partial charge is 0.452 e. The first-order valence-electron chi connectivity index (χ1n) is 3.43. The van der Waals surface area contributed by atoms with Gasteiger partial charge in [0.25, 0.3) is 0 Å². The Kier molecular flexibility index (Phi) is 2.75. The number of hydrogen-bond donors (Lipinski definition) is 2. The summed E-state index contributed by atoms with van der Waals surface area (Å²) in [5.74, 6) is 0.797. The van der Waals surface area contributed by atoms with Crippen molar-refractivity contribution in [3.05, 3.63) is 22.6 Å². The van der Waals surface area contributed by atoms with Gasteiger partial charge in [-0.15, -0.1) is 0 Å². The van der Waals surface area contributed by atoms with Crippen molar-refractivity contribution in [3.63, 3.8) is 0 Å². The highest BCUT2D eigenvalue weighted by Gasteiger charge is 2.07. The SMILES string of the molecule is C[C@@H](N=C(N)N)c1ccc(Br)o1. The molecule has 0 aliphatic heterocycles. The number of nitrogens with two attached hydrogens (primary N) is 2. The molecule has 0 fully saturated rings. The van der Waals surface area contributed by atoms with Crippen LogP contribution in [0.15, 0.2) is 26.2 Å². The molecule has 0 saturated carbocycles. The minimum Gasteiger partial charge on any atom is -0.452 e. The molecule has 0 aliphatic rings. The standard InChI is InChI=1S/C7H10BrN3O/c1-4(11-7(9)10)5-2-3-6(8)12-5/h2-4H,1H3,(H4,9,10,11)/t4-/m1/s1. The maximum Gasteiger partial charge on any atom is 0.186 e. The van der Waals surface area contributed by atoms with E-state index in [0.29, 0.717) is 4.67 Å². The molecule has 1 heterocycles. The Balaban J connectivity index is 2.78. The Hall–Kier alpha value is -0.970. The van der Waals surface area contributed by atoms with E-state index >= 15 is 0 Å². The van der Waals surface area contributed by atoms with Crippen LogP contribution in [0.1, 0.15) is 18.7 Å². The Morgan fingerprint density at radius 2 is 2.25 bits per heavy atom. The van der Waals surface area contributed by atoms with Crippen molar-refractivity contribution in [1.82, 2.24) is 0 Å². The number of furan rings is 1. The number of aliphatic imine (C=N–C) groups is 1. The highest BCUT2D eigenvalue weighted by molar-refractivity contribution is 9.10. The van der Waals surface area contributed by atoms with Crippen LogP contribution in [0.2, 0.25) is 0 Å². The van der Waals surface area contributed by atoms with Crippen molar-refractivity contribution in [2.75, 3.05) is 0 Å². The van der Waals surface area contributed by atoms with Gasteiger partial charge in [-0.3, -0.25) is 0 Å². The third-order valence-corrected chi connectivity index (χ3v) is 1.77. The second kappa shape index (κ2) is 3.62. The summed E-state index contributed by atoms with van der Waals surface area (Å²) in [4.78, 5) is 3.92. The number of hydrogen-bond acceptors (Lipinski definition) is 2. The van der Waals surface area contributed by atoms with Crippen LogP contribution in [0.4, 0.5) is 0 Å². The van der Waals surface area contributed by atoms with E-state index in [1.54, 1.807) is 6.07 Å². The van der Waals surface area contributed by atoms with E-state index in [2.05, 4.69) is 20.9 Å². The molecule has 5 heteroatoms. The van der Waals surface area contributed by atoms with E-state index in [0.717, 1.165) is 5.76 Å². The van der Waals surface area contributed by atoms with E-state index in [-0.39, 0.29) is 12.0 Å². The summed E-state index contributed by atoms with van der Waals surface area (Å²) < 4.78 is 5.92. The van der Waals surface area contributed by atoms with Crippen molar-refractivity contribution < 1.29 is 4.42 Å². The molecule has 12 heavy (non-hydrogen) atoms. The van der Waals surface area contributed by atoms with Gasteiger partial charge in [0.15, 0.2) is 10.6 Å². The second-order valence-electron chi connectivity index (χ2n) is 2.37. The fraction of sp³-hybridized carbons (Fsp3) is 0.286. The molecule has 0 amide bonds. The Morgan fingerprint density at radius 1 is 1.58 bits per heavy atom. The third kappa shape index (κ3) is 2.27. The summed E-state index contributed by atoms with van der Waals surface area (Å²) in [7, 11) is 0. The van der Waals surface area contributed by atoms with Crippen LogP contribution >= 0.6 is 15.9 Å². The zero-order chi connectivity index (χ0) is 9.14. The molecule has 1 atom stereocenters. The van der Waals surface area contributed by atoms with Crippen molar-refractivity contribution >= 4 is 21.9 Å². The molecule has 4 nitrogen and oxygen atoms in total. The Bertz CT molecular complexity index is 291. The van der Waals surface area contributed by atoms with Crippen LogP contribution in [0, 0.1) is 0 Å². The number of guanidine groups is 1. The molecule has 1 aromatic heterocycles. The first-order valence-corrected chi connectivity index (χ1v) is 4.23. The van der Waals surface area contributed by atoms with E-state index in [1.165, 1.54) is 0 Å². The van der Waals surface area contributed by atoms with Crippen molar-refractivity contribution in [2.24, 2.45) is 16.5 Å². The number of nitrogens with zero attached hydrogens (tertiary/aromatic N) is 1. The van der Waals surface area contributed by atoms with Crippen LogP contribution in [0.5, 0.6) is 0 Å². The third-order valence-electron chi connectivity index (χ3n) is 1.35. The normalized spacial score (nSPS) is 12.5. The average molecular weight is 232 g/mol. The molecule has 66 valence electrons. The van der Waals surface area contributed by atoms with Crippen molar-refractivity contribution in [3.8, 4) is 0 Å². The van der Waals surface area contributed by atoms with E-state index < -0.39 is 0 Å². The van der Waals surface area contributed by atoms with Crippen molar-refractivity contribution in [2.45, 2.75) is 13.0 Å². The van der Waals surface area contributed by atoms with Gasteiger partial charge in [0.05, 0.1) is 0 Å². The predicted molar refractivity (Wildman–Crippen MR) is 50.6 cm³/mol. The van der Waals surface area contributed by atoms with Gasteiger partial charge >= 0.3 is 0 Å². The van der Waals surface area contributed by atoms with Gasteiger partial charge in [0, 0.05) is 0 Å². The zero-order valence-corrected chi connectivity index (χ0v) is 8.21. The van der Waals surface area contributed by atoms with Crippen molar-refractivity contribution in [1.29, 1.82) is 0 Å². The maximum atomic E-state index is 5.24. The quantitative estimate of drug-likeness (QED) is 0.597. The number of rotatable bonds is 2. The monoisotopic (exact) mass is 231 g/mol. The van der Waals surface area contributed by atoms with Gasteiger partial charge < -0.3 is 15.9 Å². The maximum absolute atomic E-state index is 5.24. The molecule has 1 rings (SSSR count). The van der Waals surface area contributed by atoms with Crippen LogP contribution < -0.4 is 11.5 Å². The Labute approximate surface area is 78.8 Å². The molecule has 0 saturated heterocycles. The fourth-order valence-electron chi connectivity index (χ4n) is 0.840. The average Bonchev–Trinajstić information content (AvgIpc) is 2.34. The first-order chi connectivity index (χ1) is 5.59. The zero-order valence-electron chi connectivity index (χ0n) is 6.62. The van der Waals surface area contributed by atoms with Crippen LogP contribution in [0.3, 0.4) is 0 Å². The van der Waals surface area contributed by atoms with Gasteiger partial charge in [-0.05, 0) is 35.0 Å². The molecule has 0 unspecified atom stereocenters. The lowest BCUT2D eigenvalue weighted by Gasteiger charge is -2.01. The smallest absolute Gasteiger partial charge is 0.186 e. The van der Waals surface area contributed by atoms with Crippen LogP contribution in [0.25, 0.3) is 0 Å². The number of halogens is 1. The van der Waals surface area contributed by atoms with E-state index in [9.17, 15) is 0 Å². The topological polar surface area (TPSA) is 77.5 Å². The minimum absolute atomic E-state index is 0.0648. The summed E-state index contributed by atoms with van der Waals surface area (Å²) in [6.45, 7) is 1.85. The van der Waals surface area contributed by atoms with Gasteiger partial charge in [-0.2, -0.15) is 0 Å². The van der Waals surface area contributed by atoms with E-state index in [4.69, 9.17) is 15.9 Å². The molecule has 1 aromatic rings. The summed E-state index contributed by atoms with van der Waals surface area (Å²) in [6.07, 6.45) is 0. The lowest BCUT2D eigenvalue weighted by molar-refractivity contribution is 0.462. The molecule has 0 bridgehead atoms. The van der Waals surface area contributed by atoms with Crippen LogP contribution in [-0.4, -0.2) is 5.96 Å². The lowest BCUT2D eigenvalue weighted by Crippen LogP contribution is -2.23. The fourth-order valence-corrected chi connectivity index (χ4v) is 1.16. The summed E-state index contributed by atoms with van der Waals surface area (Å²) >= 11 is 3.19. The summed E-state index contributed by atoms with van der Waals surface area (Å²) in [5.41, 5.74) is 10.4. The first kappa shape index (κ1) is 9.12. The van der Waals surface area contributed by atoms with Gasteiger partial charge in [0.2, 0.25) is 0 Å². The molecular weight excluding hydrogens is 222 g/mol. The molecule has 0 radical (unpaired) electrons. The molecule has 0 aromatic carbocycles. The molecular formula is C7H10BrN3O. The van der Waals surface area contributed by atoms with E-state index in [1.807, 2.05) is 13.0 Å². The lowest BCUT2D eigenvalue weighted by atomic mass is 10.3. The highest BCUT2D eigenvalue weighted by atomic mass is 79.9. The summed E-state index contributed by atoms with van der Waals surface area (Å²) in [6, 6.07) is 3.48. The minimum atomic E-state index is -0.138. The second-order valence-corrected chi connectivity index (χ2v) is 3.15. The highest BCUT2D eigenvalue weighted by Crippen LogP contribution is 2.22.